The third-order valence-corrected chi connectivity index (χ3v) is 1.96. The molecule has 0 saturated heterocycles. The Morgan fingerprint density at radius 3 is 2.33 bits per heavy atom. The summed E-state index contributed by atoms with van der Waals surface area (Å²) in [6.45, 7) is 0. The van der Waals surface area contributed by atoms with Crippen LogP contribution >= 0.6 is 24.8 Å². The van der Waals surface area contributed by atoms with Gasteiger partial charge in [0.15, 0.2) is 0 Å². The Morgan fingerprint density at radius 2 is 1.92 bits per heavy atom. The smallest absolute Gasteiger partial charge is 0.0602 e. The molecule has 0 bridgehead atoms. The zero-order chi connectivity index (χ0) is 7.03. The largest absolute Gasteiger partial charge is 0.320 e. The van der Waals surface area contributed by atoms with E-state index in [9.17, 15) is 0 Å². The van der Waals surface area contributed by atoms with Crippen LogP contribution in [0.4, 0.5) is 0 Å². The third-order valence-electron chi connectivity index (χ3n) is 1.96. The number of aromatic nitrogens is 1. The van der Waals surface area contributed by atoms with Crippen LogP contribution < -0.4 is 5.73 Å². The highest BCUT2D eigenvalue weighted by Gasteiger charge is 2.41. The zero-order valence-corrected chi connectivity index (χ0v) is 8.20. The Bertz CT molecular complexity index is 234. The molecule has 12 heavy (non-hydrogen) atoms. The zero-order valence-electron chi connectivity index (χ0n) is 6.56. The summed E-state index contributed by atoms with van der Waals surface area (Å²) in [6, 6.07) is 5.89. The van der Waals surface area contributed by atoms with Crippen molar-refractivity contribution in [1.82, 2.24) is 4.98 Å². The molecule has 68 valence electrons. The Kier molecular flexibility index (Phi) is 3.97. The molecule has 0 aliphatic heterocycles. The molecule has 0 unspecified atom stereocenters. The summed E-state index contributed by atoms with van der Waals surface area (Å²) in [7, 11) is 0. The molecule has 0 atom stereocenters. The lowest BCUT2D eigenvalue weighted by molar-refractivity contribution is 0.708. The van der Waals surface area contributed by atoms with E-state index in [1.165, 1.54) is 0 Å². The summed E-state index contributed by atoms with van der Waals surface area (Å²) >= 11 is 0. The van der Waals surface area contributed by atoms with E-state index in [1.54, 1.807) is 6.20 Å². The van der Waals surface area contributed by atoms with Crippen molar-refractivity contribution in [3.63, 3.8) is 0 Å². The first-order valence-corrected chi connectivity index (χ1v) is 3.52. The van der Waals surface area contributed by atoms with Crippen LogP contribution in [-0.4, -0.2) is 4.98 Å². The summed E-state index contributed by atoms with van der Waals surface area (Å²) in [5.41, 5.74) is 6.87. The average molecular weight is 207 g/mol. The second kappa shape index (κ2) is 4.08. The Labute approximate surface area is 84.4 Å². The Balaban J connectivity index is 0.000000605. The minimum Gasteiger partial charge on any atom is -0.320 e. The summed E-state index contributed by atoms with van der Waals surface area (Å²) < 4.78 is 0. The van der Waals surface area contributed by atoms with E-state index in [0.29, 0.717) is 0 Å². The van der Waals surface area contributed by atoms with Crippen LogP contribution in [0.3, 0.4) is 0 Å². The second-order valence-electron chi connectivity index (χ2n) is 2.87. The quantitative estimate of drug-likeness (QED) is 0.763. The SMILES string of the molecule is Cl.Cl.NC1(c2ccccn2)CC1. The van der Waals surface area contributed by atoms with Crippen LogP contribution in [0.15, 0.2) is 24.4 Å². The highest BCUT2D eigenvalue weighted by Crippen LogP contribution is 2.41. The normalized spacial score (nSPS) is 17.1. The van der Waals surface area contributed by atoms with Crippen molar-refractivity contribution in [2.24, 2.45) is 5.73 Å². The van der Waals surface area contributed by atoms with Crippen molar-refractivity contribution in [3.8, 4) is 0 Å². The summed E-state index contributed by atoms with van der Waals surface area (Å²) in [4.78, 5) is 4.19. The molecule has 1 aliphatic rings. The lowest BCUT2D eigenvalue weighted by atomic mass is 10.2. The van der Waals surface area contributed by atoms with E-state index < -0.39 is 0 Å². The molecule has 2 N–H and O–H groups in total. The summed E-state index contributed by atoms with van der Waals surface area (Å²) in [5, 5.41) is 0. The van der Waals surface area contributed by atoms with Crippen LogP contribution in [0, 0.1) is 0 Å². The molecule has 0 aromatic carbocycles. The average Bonchev–Trinajstić information content (AvgIpc) is 2.72. The lowest BCUT2D eigenvalue weighted by Crippen LogP contribution is -2.19. The number of halogens is 2. The van der Waals surface area contributed by atoms with Crippen LogP contribution in [-0.2, 0) is 5.54 Å². The van der Waals surface area contributed by atoms with Crippen molar-refractivity contribution < 1.29 is 0 Å². The first kappa shape index (κ1) is 11.7. The van der Waals surface area contributed by atoms with E-state index >= 15 is 0 Å². The molecule has 0 radical (unpaired) electrons. The minimum absolute atomic E-state index is 0. The second-order valence-corrected chi connectivity index (χ2v) is 2.87. The van der Waals surface area contributed by atoms with Gasteiger partial charge in [-0.05, 0) is 25.0 Å². The van der Waals surface area contributed by atoms with E-state index in [0.717, 1.165) is 18.5 Å². The highest BCUT2D eigenvalue weighted by atomic mass is 35.5. The molecule has 1 aromatic heterocycles. The highest BCUT2D eigenvalue weighted by molar-refractivity contribution is 5.85. The first-order chi connectivity index (χ1) is 4.81. The number of pyridine rings is 1. The van der Waals surface area contributed by atoms with Gasteiger partial charge in [-0.2, -0.15) is 0 Å². The van der Waals surface area contributed by atoms with Crippen molar-refractivity contribution in [2.45, 2.75) is 18.4 Å². The standard InChI is InChI=1S/C8H10N2.2ClH/c9-8(4-5-8)7-3-1-2-6-10-7;;/h1-3,6H,4-5,9H2;2*1H. The van der Waals surface area contributed by atoms with Gasteiger partial charge in [0.1, 0.15) is 0 Å². The maximum atomic E-state index is 5.91. The number of rotatable bonds is 1. The molecular weight excluding hydrogens is 195 g/mol. The van der Waals surface area contributed by atoms with E-state index in [4.69, 9.17) is 5.73 Å². The molecule has 1 saturated carbocycles. The number of nitrogens with zero attached hydrogens (tertiary/aromatic N) is 1. The topological polar surface area (TPSA) is 38.9 Å². The number of nitrogens with two attached hydrogens (primary N) is 1. The Hall–Kier alpha value is -0.310. The molecule has 0 spiro atoms. The van der Waals surface area contributed by atoms with Gasteiger partial charge >= 0.3 is 0 Å². The van der Waals surface area contributed by atoms with Crippen LogP contribution in [0.1, 0.15) is 18.5 Å². The van der Waals surface area contributed by atoms with Gasteiger partial charge in [-0.25, -0.2) is 0 Å². The third kappa shape index (κ3) is 2.09. The molecule has 2 nitrogen and oxygen atoms in total. The van der Waals surface area contributed by atoms with Crippen molar-refractivity contribution >= 4 is 24.8 Å². The van der Waals surface area contributed by atoms with E-state index in [2.05, 4.69) is 4.98 Å². The molecular formula is C8H12Cl2N2. The predicted molar refractivity (Wildman–Crippen MR) is 53.8 cm³/mol. The lowest BCUT2D eigenvalue weighted by Gasteiger charge is -2.05. The monoisotopic (exact) mass is 206 g/mol. The van der Waals surface area contributed by atoms with Crippen molar-refractivity contribution in [3.05, 3.63) is 30.1 Å². The molecule has 1 aliphatic carbocycles. The van der Waals surface area contributed by atoms with Crippen LogP contribution in [0.5, 0.6) is 0 Å². The molecule has 1 heterocycles. The first-order valence-electron chi connectivity index (χ1n) is 3.52. The molecule has 1 aromatic rings. The van der Waals surface area contributed by atoms with Gasteiger partial charge in [-0.15, -0.1) is 24.8 Å². The van der Waals surface area contributed by atoms with Crippen LogP contribution in [0.2, 0.25) is 0 Å². The molecule has 0 amide bonds. The fraction of sp³-hybridized carbons (Fsp3) is 0.375. The number of hydrogen-bond acceptors (Lipinski definition) is 2. The fourth-order valence-electron chi connectivity index (χ4n) is 1.05. The summed E-state index contributed by atoms with van der Waals surface area (Å²) in [5.74, 6) is 0. The van der Waals surface area contributed by atoms with Gasteiger partial charge in [-0.3, -0.25) is 4.98 Å². The molecule has 2 rings (SSSR count). The maximum Gasteiger partial charge on any atom is 0.0602 e. The maximum absolute atomic E-state index is 5.91. The minimum atomic E-state index is -0.0682. The fourth-order valence-corrected chi connectivity index (χ4v) is 1.05. The molecule has 1 fully saturated rings. The predicted octanol–water partition coefficient (Wildman–Crippen LogP) is 1.87. The van der Waals surface area contributed by atoms with Crippen LogP contribution in [0.25, 0.3) is 0 Å². The summed E-state index contributed by atoms with van der Waals surface area (Å²) in [6.07, 6.45) is 3.97. The Morgan fingerprint density at radius 1 is 1.25 bits per heavy atom. The molecule has 4 heteroatoms. The van der Waals surface area contributed by atoms with Crippen molar-refractivity contribution in [1.29, 1.82) is 0 Å². The van der Waals surface area contributed by atoms with Crippen molar-refractivity contribution in [2.75, 3.05) is 0 Å². The van der Waals surface area contributed by atoms with Gasteiger partial charge in [0, 0.05) is 6.20 Å². The van der Waals surface area contributed by atoms with Gasteiger partial charge in [0.2, 0.25) is 0 Å². The van der Waals surface area contributed by atoms with Gasteiger partial charge < -0.3 is 5.73 Å². The van der Waals surface area contributed by atoms with Gasteiger partial charge in [0.05, 0.1) is 11.2 Å². The van der Waals surface area contributed by atoms with E-state index in [-0.39, 0.29) is 30.4 Å². The van der Waals surface area contributed by atoms with Gasteiger partial charge in [0.25, 0.3) is 0 Å². The number of hydrogen-bond donors (Lipinski definition) is 1. The van der Waals surface area contributed by atoms with E-state index in [1.807, 2.05) is 18.2 Å². The van der Waals surface area contributed by atoms with Gasteiger partial charge in [-0.1, -0.05) is 6.07 Å².